The number of nitrogens with zero attached hydrogens (tertiary/aromatic N) is 2. The number of hydrogen-bond acceptors (Lipinski definition) is 3. The van der Waals surface area contributed by atoms with Crippen molar-refractivity contribution >= 4 is 36.0 Å². The number of guanidine groups is 1. The van der Waals surface area contributed by atoms with E-state index in [1.807, 2.05) is 18.2 Å². The van der Waals surface area contributed by atoms with Crippen molar-refractivity contribution in [3.8, 4) is 0 Å². The summed E-state index contributed by atoms with van der Waals surface area (Å²) in [4.78, 5) is 6.49. The van der Waals surface area contributed by atoms with Gasteiger partial charge in [0.1, 0.15) is 0 Å². The van der Waals surface area contributed by atoms with Gasteiger partial charge in [0.15, 0.2) is 5.96 Å². The van der Waals surface area contributed by atoms with Crippen molar-refractivity contribution < 1.29 is 0 Å². The molecule has 2 rings (SSSR count). The summed E-state index contributed by atoms with van der Waals surface area (Å²) < 4.78 is 0. The number of aliphatic imine (C=N–C) groups is 1. The maximum atomic E-state index is 4.36. The number of nitrogens with one attached hydrogen (secondary N) is 1. The molecule has 1 heterocycles. The van der Waals surface area contributed by atoms with E-state index in [-0.39, 0.29) is 24.0 Å². The molecular weight excluding hydrogens is 325 g/mol. The van der Waals surface area contributed by atoms with Crippen molar-refractivity contribution in [3.63, 3.8) is 0 Å². The molecule has 0 bridgehead atoms. The van der Waals surface area contributed by atoms with Crippen LogP contribution in [0, 0.1) is 0 Å². The molecule has 1 aromatic rings. The third-order valence-electron chi connectivity index (χ3n) is 2.55. The zero-order valence-corrected chi connectivity index (χ0v) is 12.3. The Morgan fingerprint density at radius 1 is 1.35 bits per heavy atom. The molecule has 0 spiro atoms. The Hall–Kier alpha value is -1.04. The summed E-state index contributed by atoms with van der Waals surface area (Å²) >= 11 is 0. The summed E-state index contributed by atoms with van der Waals surface area (Å²) in [5.74, 6) is 0.998. The third kappa shape index (κ3) is 4.38. The van der Waals surface area contributed by atoms with Crippen molar-refractivity contribution in [2.24, 2.45) is 4.99 Å². The van der Waals surface area contributed by atoms with Crippen LogP contribution in [0.3, 0.4) is 0 Å². The van der Waals surface area contributed by atoms with E-state index >= 15 is 0 Å². The van der Waals surface area contributed by atoms with Gasteiger partial charge in [0, 0.05) is 20.1 Å². The van der Waals surface area contributed by atoms with Crippen LogP contribution in [0.15, 0.2) is 41.4 Å². The van der Waals surface area contributed by atoms with Gasteiger partial charge >= 0.3 is 0 Å². The normalized spacial score (nSPS) is 14.6. The number of rotatable bonds is 3. The second-order valence-corrected chi connectivity index (χ2v) is 3.82. The van der Waals surface area contributed by atoms with Crippen LogP contribution < -0.4 is 5.32 Å². The molecular formula is C13H18IN3. The van der Waals surface area contributed by atoms with Gasteiger partial charge in [0.2, 0.25) is 0 Å². The first-order chi connectivity index (χ1) is 7.86. The highest BCUT2D eigenvalue weighted by Crippen LogP contribution is 2.00. The molecule has 0 radical (unpaired) electrons. The fourth-order valence-electron chi connectivity index (χ4n) is 1.63. The first-order valence-corrected chi connectivity index (χ1v) is 5.57. The van der Waals surface area contributed by atoms with Gasteiger partial charge < -0.3 is 10.2 Å². The van der Waals surface area contributed by atoms with Crippen LogP contribution in [0.2, 0.25) is 0 Å². The standard InChI is InChI=1S/C13H17N3.HI/c1-16-11-10-15-13(16)14-9-5-8-12-6-3-2-4-7-12;/h2-8H,9-11H2,1H3,(H,14,15);1H/b8-5+;. The maximum Gasteiger partial charge on any atom is 0.194 e. The Labute approximate surface area is 120 Å². The van der Waals surface area contributed by atoms with Crippen molar-refractivity contribution in [2.75, 3.05) is 26.7 Å². The molecule has 4 heteroatoms. The lowest BCUT2D eigenvalue weighted by Crippen LogP contribution is -2.35. The van der Waals surface area contributed by atoms with Crippen LogP contribution in [0.1, 0.15) is 5.56 Å². The fourth-order valence-corrected chi connectivity index (χ4v) is 1.63. The van der Waals surface area contributed by atoms with Crippen molar-refractivity contribution in [1.82, 2.24) is 10.2 Å². The Balaban J connectivity index is 0.00000144. The Morgan fingerprint density at radius 2 is 2.12 bits per heavy atom. The van der Waals surface area contributed by atoms with E-state index < -0.39 is 0 Å². The first-order valence-electron chi connectivity index (χ1n) is 5.57. The minimum absolute atomic E-state index is 0. The molecule has 1 N–H and O–H groups in total. The second-order valence-electron chi connectivity index (χ2n) is 3.82. The highest BCUT2D eigenvalue weighted by Gasteiger charge is 2.09. The highest BCUT2D eigenvalue weighted by molar-refractivity contribution is 14.0. The van der Waals surface area contributed by atoms with Gasteiger partial charge in [-0.2, -0.15) is 0 Å². The molecule has 92 valence electrons. The molecule has 0 amide bonds. The van der Waals surface area contributed by atoms with Crippen LogP contribution >= 0.6 is 24.0 Å². The summed E-state index contributed by atoms with van der Waals surface area (Å²) in [7, 11) is 2.06. The predicted molar refractivity (Wildman–Crippen MR) is 83.8 cm³/mol. The SMILES string of the molecule is CN1CCN=C1NC/C=C/c1ccccc1.I. The average molecular weight is 343 g/mol. The summed E-state index contributed by atoms with van der Waals surface area (Å²) in [6.45, 7) is 2.74. The second kappa shape index (κ2) is 7.32. The Bertz CT molecular complexity index is 387. The van der Waals surface area contributed by atoms with Gasteiger partial charge in [-0.05, 0) is 5.56 Å². The van der Waals surface area contributed by atoms with Crippen LogP contribution in [0.5, 0.6) is 0 Å². The lowest BCUT2D eigenvalue weighted by Gasteiger charge is -2.13. The molecule has 0 unspecified atom stereocenters. The van der Waals surface area contributed by atoms with E-state index in [0.29, 0.717) is 0 Å². The van der Waals surface area contributed by atoms with E-state index in [4.69, 9.17) is 0 Å². The zero-order valence-electron chi connectivity index (χ0n) is 9.97. The molecule has 0 fully saturated rings. The van der Waals surface area contributed by atoms with E-state index in [0.717, 1.165) is 25.6 Å². The van der Waals surface area contributed by atoms with Gasteiger partial charge in [-0.3, -0.25) is 4.99 Å². The molecule has 3 nitrogen and oxygen atoms in total. The van der Waals surface area contributed by atoms with Crippen molar-refractivity contribution in [3.05, 3.63) is 42.0 Å². The van der Waals surface area contributed by atoms with Crippen molar-refractivity contribution in [2.45, 2.75) is 0 Å². The molecule has 0 aliphatic carbocycles. The maximum absolute atomic E-state index is 4.36. The molecule has 1 aromatic carbocycles. The molecule has 1 aliphatic rings. The van der Waals surface area contributed by atoms with Gasteiger partial charge in [-0.15, -0.1) is 24.0 Å². The van der Waals surface area contributed by atoms with E-state index in [1.165, 1.54) is 5.56 Å². The molecule has 1 aliphatic heterocycles. The largest absolute Gasteiger partial charge is 0.353 e. The van der Waals surface area contributed by atoms with Gasteiger partial charge in [-0.25, -0.2) is 0 Å². The minimum Gasteiger partial charge on any atom is -0.353 e. The molecule has 0 saturated heterocycles. The average Bonchev–Trinajstić information content (AvgIpc) is 2.72. The lowest BCUT2D eigenvalue weighted by molar-refractivity contribution is 0.538. The van der Waals surface area contributed by atoms with Gasteiger partial charge in [0.05, 0.1) is 6.54 Å². The predicted octanol–water partition coefficient (Wildman–Crippen LogP) is 2.21. The third-order valence-corrected chi connectivity index (χ3v) is 2.55. The molecule has 17 heavy (non-hydrogen) atoms. The zero-order chi connectivity index (χ0) is 11.2. The summed E-state index contributed by atoms with van der Waals surface area (Å²) in [5.41, 5.74) is 1.23. The van der Waals surface area contributed by atoms with Crippen molar-refractivity contribution in [1.29, 1.82) is 0 Å². The van der Waals surface area contributed by atoms with E-state index in [1.54, 1.807) is 0 Å². The van der Waals surface area contributed by atoms with Crippen LogP contribution in [-0.4, -0.2) is 37.5 Å². The molecule has 0 atom stereocenters. The molecule has 0 saturated carbocycles. The summed E-state index contributed by atoms with van der Waals surface area (Å²) in [6, 6.07) is 10.3. The van der Waals surface area contributed by atoms with Gasteiger partial charge in [0.25, 0.3) is 0 Å². The van der Waals surface area contributed by atoms with E-state index in [2.05, 4.69) is 46.5 Å². The van der Waals surface area contributed by atoms with E-state index in [9.17, 15) is 0 Å². The number of benzene rings is 1. The minimum atomic E-state index is 0. The Kier molecular flexibility index (Phi) is 6.04. The molecule has 0 aromatic heterocycles. The highest BCUT2D eigenvalue weighted by atomic mass is 127. The number of likely N-dealkylation sites (N-methyl/N-ethyl adjacent to an activating group) is 1. The monoisotopic (exact) mass is 343 g/mol. The van der Waals surface area contributed by atoms with Crippen LogP contribution in [-0.2, 0) is 0 Å². The smallest absolute Gasteiger partial charge is 0.194 e. The first kappa shape index (κ1) is 14.0. The van der Waals surface area contributed by atoms with Crippen LogP contribution in [0.25, 0.3) is 6.08 Å². The van der Waals surface area contributed by atoms with Crippen LogP contribution in [0.4, 0.5) is 0 Å². The van der Waals surface area contributed by atoms with Gasteiger partial charge in [-0.1, -0.05) is 42.5 Å². The Morgan fingerprint density at radius 3 is 2.76 bits per heavy atom. The lowest BCUT2D eigenvalue weighted by atomic mass is 10.2. The quantitative estimate of drug-likeness (QED) is 0.853. The summed E-state index contributed by atoms with van der Waals surface area (Å²) in [5, 5.41) is 3.29. The topological polar surface area (TPSA) is 27.6 Å². The number of halogens is 1. The fraction of sp³-hybridized carbons (Fsp3) is 0.308. The number of hydrogen-bond donors (Lipinski definition) is 1. The summed E-state index contributed by atoms with van der Waals surface area (Å²) in [6.07, 6.45) is 4.23.